The number of urea groups is 1. The molecule has 1 aromatic heterocycles. The molecule has 1 aliphatic rings. The number of carbonyl (C=O) groups excluding carboxylic acids is 1. The summed E-state index contributed by atoms with van der Waals surface area (Å²) in [6.45, 7) is 0.957. The number of ether oxygens (including phenoxy) is 1. The fourth-order valence-electron chi connectivity index (χ4n) is 3.26. The van der Waals surface area contributed by atoms with Gasteiger partial charge in [-0.15, -0.1) is 10.2 Å². The Kier molecular flexibility index (Phi) is 4.74. The second-order valence-electron chi connectivity index (χ2n) is 6.41. The van der Waals surface area contributed by atoms with E-state index in [0.717, 1.165) is 36.6 Å². The van der Waals surface area contributed by atoms with Crippen LogP contribution in [0, 0.1) is 0 Å². The van der Waals surface area contributed by atoms with Gasteiger partial charge in [0.2, 0.25) is 0 Å². The van der Waals surface area contributed by atoms with Gasteiger partial charge in [-0.2, -0.15) is 0 Å². The molecule has 2 N–H and O–H groups in total. The van der Waals surface area contributed by atoms with E-state index in [9.17, 15) is 4.79 Å². The number of benzene rings is 2. The van der Waals surface area contributed by atoms with E-state index in [0.29, 0.717) is 17.1 Å². The third-order valence-corrected chi connectivity index (χ3v) is 4.62. The van der Waals surface area contributed by atoms with Crippen LogP contribution in [-0.4, -0.2) is 27.9 Å². The van der Waals surface area contributed by atoms with Crippen LogP contribution < -0.4 is 15.4 Å². The number of nitrogens with one attached hydrogen (secondary N) is 2. The minimum absolute atomic E-state index is 0.327. The van der Waals surface area contributed by atoms with Gasteiger partial charge in [-0.1, -0.05) is 12.1 Å². The fraction of sp³-hybridized carbons (Fsp3) is 0.250. The van der Waals surface area contributed by atoms with Crippen LogP contribution in [0.3, 0.4) is 0 Å². The van der Waals surface area contributed by atoms with Crippen molar-refractivity contribution < 1.29 is 9.53 Å². The van der Waals surface area contributed by atoms with E-state index in [1.807, 2.05) is 36.4 Å². The lowest BCUT2D eigenvalue weighted by atomic mass is 10.1. The number of methoxy groups -OCH3 is 1. The molecule has 0 radical (unpaired) electrons. The normalized spacial score (nSPS) is 12.9. The molecule has 7 nitrogen and oxygen atoms in total. The summed E-state index contributed by atoms with van der Waals surface area (Å²) in [5.74, 6) is 2.55. The average molecular weight is 363 g/mol. The highest BCUT2D eigenvalue weighted by Crippen LogP contribution is 2.25. The van der Waals surface area contributed by atoms with Gasteiger partial charge in [0.05, 0.1) is 12.8 Å². The van der Waals surface area contributed by atoms with E-state index >= 15 is 0 Å². The van der Waals surface area contributed by atoms with Gasteiger partial charge in [-0.25, -0.2) is 4.79 Å². The van der Waals surface area contributed by atoms with E-state index in [2.05, 4.69) is 25.4 Å². The molecule has 2 amide bonds. The van der Waals surface area contributed by atoms with Crippen molar-refractivity contribution in [1.82, 2.24) is 14.8 Å². The Labute approximate surface area is 157 Å². The zero-order chi connectivity index (χ0) is 18.6. The van der Waals surface area contributed by atoms with Gasteiger partial charge in [-0.05, 0) is 49.2 Å². The minimum Gasteiger partial charge on any atom is -0.495 e. The summed E-state index contributed by atoms with van der Waals surface area (Å²) in [6, 6.07) is 14.6. The van der Waals surface area contributed by atoms with E-state index in [1.54, 1.807) is 19.2 Å². The van der Waals surface area contributed by atoms with E-state index in [1.165, 1.54) is 6.42 Å². The van der Waals surface area contributed by atoms with Gasteiger partial charge < -0.3 is 19.9 Å². The molecule has 0 atom stereocenters. The van der Waals surface area contributed by atoms with Crippen molar-refractivity contribution in [3.63, 3.8) is 0 Å². The second kappa shape index (κ2) is 7.49. The molecular formula is C20H21N5O2. The van der Waals surface area contributed by atoms with Crippen molar-refractivity contribution >= 4 is 17.4 Å². The van der Waals surface area contributed by atoms with Crippen LogP contribution in [0.4, 0.5) is 16.2 Å². The standard InChI is InChI=1S/C20H21N5O2/c1-27-17-7-3-2-6-16(17)22-20(26)21-15-11-9-14(10-12-15)19-24-23-18-8-4-5-13-25(18)19/h2-3,6-7,9-12H,4-5,8,13H2,1H3,(H2,21,22,26). The van der Waals surface area contributed by atoms with Crippen molar-refractivity contribution in [2.45, 2.75) is 25.8 Å². The number of anilines is 2. The number of rotatable bonds is 4. The monoisotopic (exact) mass is 363 g/mol. The van der Waals surface area contributed by atoms with Crippen molar-refractivity contribution in [3.05, 3.63) is 54.4 Å². The Balaban J connectivity index is 1.45. The number of hydrogen-bond acceptors (Lipinski definition) is 4. The Bertz CT molecular complexity index is 949. The number of para-hydroxylation sites is 2. The smallest absolute Gasteiger partial charge is 0.323 e. The number of amides is 2. The van der Waals surface area contributed by atoms with E-state index in [-0.39, 0.29) is 6.03 Å². The molecule has 0 bridgehead atoms. The lowest BCUT2D eigenvalue weighted by Gasteiger charge is -2.15. The van der Waals surface area contributed by atoms with Crippen LogP contribution in [0.2, 0.25) is 0 Å². The van der Waals surface area contributed by atoms with Gasteiger partial charge in [0, 0.05) is 24.2 Å². The lowest BCUT2D eigenvalue weighted by Crippen LogP contribution is -2.19. The number of aryl methyl sites for hydroxylation is 1. The first kappa shape index (κ1) is 17.1. The summed E-state index contributed by atoms with van der Waals surface area (Å²) < 4.78 is 7.42. The molecule has 0 unspecified atom stereocenters. The highest BCUT2D eigenvalue weighted by molar-refractivity contribution is 6.00. The lowest BCUT2D eigenvalue weighted by molar-refractivity contribution is 0.262. The Morgan fingerprint density at radius 3 is 2.67 bits per heavy atom. The average Bonchev–Trinajstić information content (AvgIpc) is 3.13. The van der Waals surface area contributed by atoms with Gasteiger partial charge >= 0.3 is 6.03 Å². The first-order valence-electron chi connectivity index (χ1n) is 8.98. The fourth-order valence-corrected chi connectivity index (χ4v) is 3.26. The maximum Gasteiger partial charge on any atom is 0.323 e. The molecule has 0 saturated heterocycles. The molecule has 2 heterocycles. The first-order valence-corrected chi connectivity index (χ1v) is 8.98. The predicted octanol–water partition coefficient (Wildman–Crippen LogP) is 3.93. The maximum absolute atomic E-state index is 12.3. The van der Waals surface area contributed by atoms with Crippen LogP contribution in [0.1, 0.15) is 18.7 Å². The van der Waals surface area contributed by atoms with Gasteiger partial charge in [0.25, 0.3) is 0 Å². The highest BCUT2D eigenvalue weighted by atomic mass is 16.5. The molecule has 27 heavy (non-hydrogen) atoms. The zero-order valence-corrected chi connectivity index (χ0v) is 15.1. The van der Waals surface area contributed by atoms with Crippen LogP contribution >= 0.6 is 0 Å². The zero-order valence-electron chi connectivity index (χ0n) is 15.1. The topological polar surface area (TPSA) is 81.1 Å². The van der Waals surface area contributed by atoms with Gasteiger partial charge in [0.15, 0.2) is 5.82 Å². The van der Waals surface area contributed by atoms with Crippen molar-refractivity contribution in [2.24, 2.45) is 0 Å². The predicted molar refractivity (Wildman–Crippen MR) is 104 cm³/mol. The molecule has 7 heteroatoms. The number of aromatic nitrogens is 3. The number of nitrogens with zero attached hydrogens (tertiary/aromatic N) is 3. The molecule has 4 rings (SSSR count). The van der Waals surface area contributed by atoms with Crippen molar-refractivity contribution in [3.8, 4) is 17.1 Å². The molecule has 0 spiro atoms. The van der Waals surface area contributed by atoms with Crippen LogP contribution in [-0.2, 0) is 13.0 Å². The summed E-state index contributed by atoms with van der Waals surface area (Å²) in [4.78, 5) is 12.3. The quantitative estimate of drug-likeness (QED) is 0.736. The van der Waals surface area contributed by atoms with E-state index in [4.69, 9.17) is 4.74 Å². The number of fused-ring (bicyclic) bond motifs is 1. The van der Waals surface area contributed by atoms with Crippen molar-refractivity contribution in [1.29, 1.82) is 0 Å². The number of hydrogen-bond donors (Lipinski definition) is 2. The van der Waals surface area contributed by atoms with Crippen LogP contribution in [0.25, 0.3) is 11.4 Å². The second-order valence-corrected chi connectivity index (χ2v) is 6.41. The third-order valence-electron chi connectivity index (χ3n) is 4.62. The third kappa shape index (κ3) is 3.62. The molecule has 138 valence electrons. The van der Waals surface area contributed by atoms with Crippen molar-refractivity contribution in [2.75, 3.05) is 17.7 Å². The van der Waals surface area contributed by atoms with Gasteiger partial charge in [-0.3, -0.25) is 0 Å². The molecule has 0 aliphatic carbocycles. The summed E-state index contributed by atoms with van der Waals surface area (Å²) in [5, 5.41) is 14.2. The summed E-state index contributed by atoms with van der Waals surface area (Å²) in [5.41, 5.74) is 2.31. The first-order chi connectivity index (χ1) is 13.2. The Hall–Kier alpha value is -3.35. The maximum atomic E-state index is 12.3. The highest BCUT2D eigenvalue weighted by Gasteiger charge is 2.16. The largest absolute Gasteiger partial charge is 0.495 e. The van der Waals surface area contributed by atoms with E-state index < -0.39 is 0 Å². The molecule has 0 fully saturated rings. The summed E-state index contributed by atoms with van der Waals surface area (Å²) in [7, 11) is 1.57. The van der Waals surface area contributed by atoms with Crippen LogP contribution in [0.15, 0.2) is 48.5 Å². The molecular weight excluding hydrogens is 342 g/mol. The number of carbonyl (C=O) groups is 1. The van der Waals surface area contributed by atoms with Crippen LogP contribution in [0.5, 0.6) is 5.75 Å². The molecule has 0 saturated carbocycles. The summed E-state index contributed by atoms with van der Waals surface area (Å²) in [6.07, 6.45) is 3.30. The summed E-state index contributed by atoms with van der Waals surface area (Å²) >= 11 is 0. The minimum atomic E-state index is -0.327. The molecule has 1 aliphatic heterocycles. The molecule has 2 aromatic carbocycles. The Morgan fingerprint density at radius 2 is 1.85 bits per heavy atom. The van der Waals surface area contributed by atoms with Gasteiger partial charge in [0.1, 0.15) is 11.6 Å². The SMILES string of the molecule is COc1ccccc1NC(=O)Nc1ccc(-c2nnc3n2CCCC3)cc1. The molecule has 3 aromatic rings. The Morgan fingerprint density at radius 1 is 1.04 bits per heavy atom.